The number of nitrogens with zero attached hydrogens (tertiary/aromatic N) is 3. The fraction of sp³-hybridized carbons (Fsp3) is 0.0667. The number of aromatic nitrogens is 1. The Kier molecular flexibility index (Phi) is 4.32. The highest BCUT2D eigenvalue weighted by Gasteiger charge is 2.16. The number of amides is 1. The number of aryl methyl sites for hydroxylation is 1. The summed E-state index contributed by atoms with van der Waals surface area (Å²) >= 11 is 7.16. The van der Waals surface area contributed by atoms with Gasteiger partial charge in [0.2, 0.25) is 4.80 Å². The summed E-state index contributed by atoms with van der Waals surface area (Å²) in [5, 5.41) is 15.0. The normalized spacial score (nSPS) is 11.7. The molecule has 24 heavy (non-hydrogen) atoms. The molecule has 0 saturated carbocycles. The van der Waals surface area contributed by atoms with Crippen LogP contribution in [0.5, 0.6) is 0 Å². The molecule has 7 nitrogen and oxygen atoms in total. The molecule has 0 atom stereocenters. The molecule has 1 aromatic heterocycles. The molecule has 0 bridgehead atoms. The van der Waals surface area contributed by atoms with Crippen molar-refractivity contribution in [3.8, 4) is 0 Å². The van der Waals surface area contributed by atoms with Crippen molar-refractivity contribution in [1.82, 2.24) is 9.99 Å². The number of fused-ring (bicyclic) bond motifs is 1. The number of carbonyl (C=O) groups excluding carboxylic acids is 1. The summed E-state index contributed by atoms with van der Waals surface area (Å²) in [5.74, 6) is -0.549. The maximum atomic E-state index is 12.2. The number of nitro benzene ring substituents is 1. The standard InChI is InChI=1S/C15H11ClN4O3S/c1-19-11-4-2-3-5-13(11)24-15(19)18-17-14(21)9-6-7-10(16)12(8-9)20(22)23/h2-8H,1H3,(H,17,21)/b18-15+. The highest BCUT2D eigenvalue weighted by molar-refractivity contribution is 7.16. The average Bonchev–Trinajstić information content (AvgIpc) is 2.89. The van der Waals surface area contributed by atoms with Gasteiger partial charge in [0.1, 0.15) is 5.02 Å². The second-order valence-electron chi connectivity index (χ2n) is 4.89. The van der Waals surface area contributed by atoms with Crippen molar-refractivity contribution in [2.75, 3.05) is 0 Å². The number of benzene rings is 2. The molecule has 0 aliphatic carbocycles. The molecule has 0 spiro atoms. The van der Waals surface area contributed by atoms with Gasteiger partial charge in [-0.2, -0.15) is 0 Å². The van der Waals surface area contributed by atoms with Gasteiger partial charge in [-0.05, 0) is 24.3 Å². The van der Waals surface area contributed by atoms with Gasteiger partial charge in [-0.1, -0.05) is 35.1 Å². The maximum Gasteiger partial charge on any atom is 0.288 e. The molecule has 0 radical (unpaired) electrons. The number of nitrogens with one attached hydrogen (secondary N) is 1. The van der Waals surface area contributed by atoms with Crippen LogP contribution in [-0.2, 0) is 7.05 Å². The van der Waals surface area contributed by atoms with Gasteiger partial charge >= 0.3 is 0 Å². The van der Waals surface area contributed by atoms with Gasteiger partial charge in [-0.15, -0.1) is 5.10 Å². The zero-order chi connectivity index (χ0) is 17.3. The Hall–Kier alpha value is -2.71. The van der Waals surface area contributed by atoms with Gasteiger partial charge < -0.3 is 4.57 Å². The third kappa shape index (κ3) is 3.01. The summed E-state index contributed by atoms with van der Waals surface area (Å²) in [6, 6.07) is 11.6. The third-order valence-electron chi connectivity index (χ3n) is 3.37. The molecule has 1 N–H and O–H groups in total. The van der Waals surface area contributed by atoms with E-state index < -0.39 is 10.8 Å². The Balaban J connectivity index is 1.91. The van der Waals surface area contributed by atoms with E-state index in [-0.39, 0.29) is 16.3 Å². The van der Waals surface area contributed by atoms with E-state index in [4.69, 9.17) is 11.6 Å². The molecule has 1 amide bonds. The monoisotopic (exact) mass is 362 g/mol. The number of carbonyl (C=O) groups is 1. The van der Waals surface area contributed by atoms with Gasteiger partial charge in [0.25, 0.3) is 11.6 Å². The Morgan fingerprint density at radius 3 is 2.79 bits per heavy atom. The van der Waals surface area contributed by atoms with E-state index >= 15 is 0 Å². The maximum absolute atomic E-state index is 12.2. The number of para-hydroxylation sites is 1. The van der Waals surface area contributed by atoms with Crippen LogP contribution in [0.3, 0.4) is 0 Å². The first-order valence-corrected chi connectivity index (χ1v) is 7.99. The van der Waals surface area contributed by atoms with E-state index in [1.54, 1.807) is 0 Å². The smallest absolute Gasteiger partial charge is 0.288 e. The summed E-state index contributed by atoms with van der Waals surface area (Å²) in [6.45, 7) is 0. The fourth-order valence-corrected chi connectivity index (χ4v) is 3.31. The molecule has 0 unspecified atom stereocenters. The summed E-state index contributed by atoms with van der Waals surface area (Å²) in [4.78, 5) is 23.0. The van der Waals surface area contributed by atoms with Gasteiger partial charge in [0, 0.05) is 18.7 Å². The minimum Gasteiger partial charge on any atom is -0.318 e. The molecular formula is C15H11ClN4O3S. The van der Waals surface area contributed by atoms with Crippen LogP contribution < -0.4 is 10.2 Å². The second-order valence-corrected chi connectivity index (χ2v) is 6.30. The van der Waals surface area contributed by atoms with Gasteiger partial charge in [-0.3, -0.25) is 14.9 Å². The van der Waals surface area contributed by atoms with E-state index in [0.717, 1.165) is 16.3 Å². The van der Waals surface area contributed by atoms with Crippen LogP contribution in [0.2, 0.25) is 5.02 Å². The van der Waals surface area contributed by atoms with Crippen molar-refractivity contribution < 1.29 is 9.72 Å². The third-order valence-corrected chi connectivity index (χ3v) is 4.81. The first-order valence-electron chi connectivity index (χ1n) is 6.80. The number of nitro groups is 1. The predicted octanol–water partition coefficient (Wildman–Crippen LogP) is 3.05. The van der Waals surface area contributed by atoms with Crippen molar-refractivity contribution in [2.45, 2.75) is 0 Å². The number of hydrogen-bond donors (Lipinski definition) is 1. The van der Waals surface area contributed by atoms with E-state index in [0.29, 0.717) is 4.80 Å². The van der Waals surface area contributed by atoms with Gasteiger partial charge in [-0.25, -0.2) is 5.43 Å². The highest BCUT2D eigenvalue weighted by Crippen LogP contribution is 2.25. The SMILES string of the molecule is Cn1/c(=N\NC(=O)c2ccc(Cl)c([N+](=O)[O-])c2)sc2ccccc21. The predicted molar refractivity (Wildman–Crippen MR) is 91.9 cm³/mol. The molecule has 3 rings (SSSR count). The Morgan fingerprint density at radius 1 is 1.33 bits per heavy atom. The van der Waals surface area contributed by atoms with Crippen LogP contribution in [0.15, 0.2) is 47.6 Å². The average molecular weight is 363 g/mol. The quantitative estimate of drug-likeness (QED) is 0.573. The topological polar surface area (TPSA) is 89.5 Å². The lowest BCUT2D eigenvalue weighted by Gasteiger charge is -2.01. The van der Waals surface area contributed by atoms with Crippen LogP contribution in [0, 0.1) is 10.1 Å². The van der Waals surface area contributed by atoms with Gasteiger partial charge in [0.05, 0.1) is 15.1 Å². The Bertz CT molecular complexity index is 1020. The molecule has 9 heteroatoms. The number of rotatable bonds is 3. The molecule has 1 heterocycles. The fourth-order valence-electron chi connectivity index (χ4n) is 2.15. The van der Waals surface area contributed by atoms with Crippen LogP contribution in [0.1, 0.15) is 10.4 Å². The van der Waals surface area contributed by atoms with Crippen LogP contribution in [0.4, 0.5) is 5.69 Å². The summed E-state index contributed by atoms with van der Waals surface area (Å²) in [7, 11) is 1.84. The summed E-state index contributed by atoms with van der Waals surface area (Å²) < 4.78 is 2.89. The first-order chi connectivity index (χ1) is 11.5. The lowest BCUT2D eigenvalue weighted by molar-refractivity contribution is -0.384. The number of thiazole rings is 1. The second kappa shape index (κ2) is 6.42. The minimum absolute atomic E-state index is 0.0237. The molecule has 2 aromatic carbocycles. The Labute approximate surface area is 145 Å². The zero-order valence-electron chi connectivity index (χ0n) is 12.4. The highest BCUT2D eigenvalue weighted by atomic mass is 35.5. The Morgan fingerprint density at radius 2 is 2.08 bits per heavy atom. The van der Waals surface area contributed by atoms with E-state index in [2.05, 4.69) is 10.5 Å². The molecule has 3 aromatic rings. The minimum atomic E-state index is -0.637. The van der Waals surface area contributed by atoms with Crippen molar-refractivity contribution in [3.05, 3.63) is 68.0 Å². The lowest BCUT2D eigenvalue weighted by Crippen LogP contribution is -2.23. The van der Waals surface area contributed by atoms with Crippen molar-refractivity contribution in [3.63, 3.8) is 0 Å². The first kappa shape index (κ1) is 16.2. The molecule has 0 aliphatic rings. The van der Waals surface area contributed by atoms with Crippen LogP contribution >= 0.6 is 22.9 Å². The molecule has 122 valence electrons. The number of hydrogen-bond acceptors (Lipinski definition) is 5. The van der Waals surface area contributed by atoms with Gasteiger partial charge in [0.15, 0.2) is 0 Å². The van der Waals surface area contributed by atoms with Crippen molar-refractivity contribution >= 4 is 44.7 Å². The van der Waals surface area contributed by atoms with E-state index in [9.17, 15) is 14.9 Å². The number of halogens is 1. The molecule has 0 fully saturated rings. The largest absolute Gasteiger partial charge is 0.318 e. The molecule has 0 aliphatic heterocycles. The summed E-state index contributed by atoms with van der Waals surface area (Å²) in [5.41, 5.74) is 3.20. The van der Waals surface area contributed by atoms with Crippen LogP contribution in [0.25, 0.3) is 10.2 Å². The van der Waals surface area contributed by atoms with E-state index in [1.165, 1.54) is 23.5 Å². The van der Waals surface area contributed by atoms with Crippen LogP contribution in [-0.4, -0.2) is 15.4 Å². The molecular weight excluding hydrogens is 352 g/mol. The van der Waals surface area contributed by atoms with Crippen molar-refractivity contribution in [1.29, 1.82) is 0 Å². The molecule has 0 saturated heterocycles. The van der Waals surface area contributed by atoms with Crippen molar-refractivity contribution in [2.24, 2.45) is 12.1 Å². The summed E-state index contributed by atoms with van der Waals surface area (Å²) in [6.07, 6.45) is 0. The zero-order valence-corrected chi connectivity index (χ0v) is 14.0. The lowest BCUT2D eigenvalue weighted by atomic mass is 10.2. The van der Waals surface area contributed by atoms with E-state index in [1.807, 2.05) is 35.9 Å².